The maximum Gasteiger partial charge on any atom is 0.255 e. The molecule has 0 bridgehead atoms. The van der Waals surface area contributed by atoms with Crippen LogP contribution in [0.15, 0.2) is 18.2 Å². The molecule has 2 aliphatic heterocycles. The lowest BCUT2D eigenvalue weighted by atomic mass is 10.0. The number of carbonyl (C=O) groups excluding carboxylic acids is 3. The Morgan fingerprint density at radius 2 is 1.87 bits per heavy atom. The number of likely N-dealkylation sites (N-methyl/N-ethyl adjacent to an activating group) is 1. The molecule has 1 aromatic carbocycles. The SMILES string of the molecule is CC.CC.CCNC(CC)COc1ccc2c(c1)CN(C1CCC(=O)NC1=O)C2=O. The average molecular weight is 420 g/mol. The summed E-state index contributed by atoms with van der Waals surface area (Å²) in [5.74, 6) is -0.120. The van der Waals surface area contributed by atoms with Gasteiger partial charge in [-0.1, -0.05) is 41.5 Å². The number of benzene rings is 1. The predicted molar refractivity (Wildman–Crippen MR) is 118 cm³/mol. The van der Waals surface area contributed by atoms with Gasteiger partial charge >= 0.3 is 0 Å². The van der Waals surface area contributed by atoms with Crippen LogP contribution in [0.5, 0.6) is 5.75 Å². The summed E-state index contributed by atoms with van der Waals surface area (Å²) < 4.78 is 5.87. The van der Waals surface area contributed by atoms with Crippen LogP contribution in [0, 0.1) is 0 Å². The number of nitrogens with one attached hydrogen (secondary N) is 2. The molecule has 7 heteroatoms. The summed E-state index contributed by atoms with van der Waals surface area (Å²) in [5, 5.41) is 5.67. The second-order valence-electron chi connectivity index (χ2n) is 6.69. The van der Waals surface area contributed by atoms with E-state index in [-0.39, 0.29) is 24.3 Å². The molecule has 1 fully saturated rings. The Balaban J connectivity index is 0.00000106. The van der Waals surface area contributed by atoms with Crippen molar-refractivity contribution < 1.29 is 19.1 Å². The van der Waals surface area contributed by atoms with Crippen molar-refractivity contribution in [3.63, 3.8) is 0 Å². The van der Waals surface area contributed by atoms with Crippen molar-refractivity contribution in [1.82, 2.24) is 15.5 Å². The molecule has 3 amide bonds. The zero-order chi connectivity index (χ0) is 22.7. The Hall–Kier alpha value is -2.41. The van der Waals surface area contributed by atoms with Crippen LogP contribution in [0.4, 0.5) is 0 Å². The van der Waals surface area contributed by atoms with Gasteiger partial charge in [-0.2, -0.15) is 0 Å². The summed E-state index contributed by atoms with van der Waals surface area (Å²) in [7, 11) is 0. The number of ether oxygens (including phenoxy) is 1. The molecule has 1 aromatic rings. The molecule has 2 N–H and O–H groups in total. The molecule has 1 saturated heterocycles. The highest BCUT2D eigenvalue weighted by atomic mass is 16.5. The minimum Gasteiger partial charge on any atom is -0.492 e. The van der Waals surface area contributed by atoms with E-state index in [0.29, 0.717) is 25.1 Å². The summed E-state index contributed by atoms with van der Waals surface area (Å²) in [6, 6.07) is 5.12. The number of imide groups is 1. The van der Waals surface area contributed by atoms with E-state index in [1.807, 2.05) is 33.8 Å². The number of hydrogen-bond acceptors (Lipinski definition) is 5. The second kappa shape index (κ2) is 13.0. The van der Waals surface area contributed by atoms with Crippen LogP contribution in [-0.4, -0.2) is 47.9 Å². The largest absolute Gasteiger partial charge is 0.492 e. The quantitative estimate of drug-likeness (QED) is 0.663. The van der Waals surface area contributed by atoms with Crippen molar-refractivity contribution in [2.24, 2.45) is 0 Å². The predicted octanol–water partition coefficient (Wildman–Crippen LogP) is 3.27. The summed E-state index contributed by atoms with van der Waals surface area (Å²) in [6.07, 6.45) is 1.60. The minimum atomic E-state index is -0.588. The van der Waals surface area contributed by atoms with Crippen molar-refractivity contribution in [2.45, 2.75) is 79.4 Å². The molecule has 0 saturated carbocycles. The summed E-state index contributed by atoms with van der Waals surface area (Å²) >= 11 is 0. The Morgan fingerprint density at radius 1 is 1.17 bits per heavy atom. The van der Waals surface area contributed by atoms with Gasteiger partial charge in [-0.05, 0) is 43.1 Å². The molecule has 0 aliphatic carbocycles. The van der Waals surface area contributed by atoms with Gasteiger partial charge in [0, 0.05) is 24.6 Å². The van der Waals surface area contributed by atoms with Crippen LogP contribution in [0.1, 0.15) is 76.7 Å². The van der Waals surface area contributed by atoms with Gasteiger partial charge in [0.2, 0.25) is 11.8 Å². The highest BCUT2D eigenvalue weighted by molar-refractivity contribution is 6.05. The summed E-state index contributed by atoms with van der Waals surface area (Å²) in [4.78, 5) is 37.6. The Kier molecular flexibility index (Phi) is 11.1. The van der Waals surface area contributed by atoms with E-state index >= 15 is 0 Å². The van der Waals surface area contributed by atoms with Crippen LogP contribution in [0.2, 0.25) is 0 Å². The highest BCUT2D eigenvalue weighted by Crippen LogP contribution is 2.30. The van der Waals surface area contributed by atoms with E-state index in [4.69, 9.17) is 4.74 Å². The Bertz CT molecular complexity index is 720. The fourth-order valence-electron chi connectivity index (χ4n) is 3.45. The van der Waals surface area contributed by atoms with Crippen LogP contribution in [-0.2, 0) is 16.1 Å². The smallest absolute Gasteiger partial charge is 0.255 e. The van der Waals surface area contributed by atoms with Crippen molar-refractivity contribution in [2.75, 3.05) is 13.2 Å². The van der Waals surface area contributed by atoms with E-state index in [2.05, 4.69) is 24.5 Å². The molecule has 2 atom stereocenters. The number of carbonyl (C=O) groups is 3. The van der Waals surface area contributed by atoms with Crippen LogP contribution < -0.4 is 15.4 Å². The molecular weight excluding hydrogens is 382 g/mol. The van der Waals surface area contributed by atoms with Gasteiger partial charge < -0.3 is 15.0 Å². The minimum absolute atomic E-state index is 0.167. The zero-order valence-corrected chi connectivity index (χ0v) is 19.2. The lowest BCUT2D eigenvalue weighted by molar-refractivity contribution is -0.136. The molecule has 0 aromatic heterocycles. The van der Waals surface area contributed by atoms with E-state index in [9.17, 15) is 14.4 Å². The van der Waals surface area contributed by atoms with Crippen molar-refractivity contribution in [1.29, 1.82) is 0 Å². The van der Waals surface area contributed by atoms with E-state index < -0.39 is 11.9 Å². The number of nitrogens with zero attached hydrogens (tertiary/aromatic N) is 1. The first kappa shape index (κ1) is 25.6. The molecule has 0 spiro atoms. The first-order valence-corrected chi connectivity index (χ1v) is 11.2. The highest BCUT2D eigenvalue weighted by Gasteiger charge is 2.39. The fraction of sp³-hybridized carbons (Fsp3) is 0.609. The van der Waals surface area contributed by atoms with Crippen LogP contribution in [0.25, 0.3) is 0 Å². The molecule has 2 unspecified atom stereocenters. The molecular formula is C23H37N3O4. The van der Waals surface area contributed by atoms with E-state index in [1.165, 1.54) is 0 Å². The molecule has 3 rings (SSSR count). The van der Waals surface area contributed by atoms with Crippen LogP contribution >= 0.6 is 0 Å². The van der Waals surface area contributed by atoms with Gasteiger partial charge in [0.1, 0.15) is 18.4 Å². The fourth-order valence-corrected chi connectivity index (χ4v) is 3.45. The Labute approximate surface area is 180 Å². The average Bonchev–Trinajstić information content (AvgIpc) is 3.09. The molecule has 0 radical (unpaired) electrons. The third-order valence-electron chi connectivity index (χ3n) is 4.93. The number of rotatable bonds is 7. The first-order valence-electron chi connectivity index (χ1n) is 11.2. The summed E-state index contributed by atoms with van der Waals surface area (Å²) in [6.45, 7) is 14.0. The van der Waals surface area contributed by atoms with Crippen molar-refractivity contribution >= 4 is 17.7 Å². The standard InChI is InChI=1S/C19H25N3O4.2C2H6/c1-3-13(20-4-2)11-26-14-5-6-15-12(9-14)10-22(19(15)25)16-7-8-17(23)21-18(16)24;2*1-2/h5-6,9,13,16,20H,3-4,7-8,10-11H2,1-2H3,(H,21,23,24);2*1-2H3. The third kappa shape index (κ3) is 6.29. The topological polar surface area (TPSA) is 87.7 Å². The van der Waals surface area contributed by atoms with E-state index in [1.54, 1.807) is 17.0 Å². The van der Waals surface area contributed by atoms with Gasteiger partial charge in [0.05, 0.1) is 0 Å². The molecule has 168 valence electrons. The third-order valence-corrected chi connectivity index (χ3v) is 4.93. The molecule has 30 heavy (non-hydrogen) atoms. The number of hydrogen-bond donors (Lipinski definition) is 2. The number of fused-ring (bicyclic) bond motifs is 1. The molecule has 2 aliphatic rings. The molecule has 7 nitrogen and oxygen atoms in total. The maximum atomic E-state index is 12.6. The number of piperidine rings is 1. The lowest BCUT2D eigenvalue weighted by Gasteiger charge is -2.29. The van der Waals surface area contributed by atoms with Gasteiger partial charge in [-0.25, -0.2) is 0 Å². The first-order chi connectivity index (χ1) is 14.5. The molecule has 2 heterocycles. The normalized spacial score (nSPS) is 18.4. The van der Waals surface area contributed by atoms with E-state index in [0.717, 1.165) is 24.3 Å². The summed E-state index contributed by atoms with van der Waals surface area (Å²) in [5.41, 5.74) is 1.45. The van der Waals surface area contributed by atoms with Gasteiger partial charge in [-0.15, -0.1) is 0 Å². The monoisotopic (exact) mass is 419 g/mol. The van der Waals surface area contributed by atoms with Crippen LogP contribution in [0.3, 0.4) is 0 Å². The van der Waals surface area contributed by atoms with Gasteiger partial charge in [0.25, 0.3) is 5.91 Å². The van der Waals surface area contributed by atoms with Crippen molar-refractivity contribution in [3.8, 4) is 5.75 Å². The lowest BCUT2D eigenvalue weighted by Crippen LogP contribution is -2.52. The zero-order valence-electron chi connectivity index (χ0n) is 19.2. The van der Waals surface area contributed by atoms with Gasteiger partial charge in [-0.3, -0.25) is 19.7 Å². The maximum absolute atomic E-state index is 12.6. The number of amides is 3. The Morgan fingerprint density at radius 3 is 2.47 bits per heavy atom. The van der Waals surface area contributed by atoms with Gasteiger partial charge in [0.15, 0.2) is 0 Å². The second-order valence-corrected chi connectivity index (χ2v) is 6.69. The van der Waals surface area contributed by atoms with Crippen molar-refractivity contribution in [3.05, 3.63) is 29.3 Å².